The molecule has 0 amide bonds. The summed E-state index contributed by atoms with van der Waals surface area (Å²) in [6, 6.07) is 4.06. The molecule has 0 aliphatic heterocycles. The van der Waals surface area contributed by atoms with Gasteiger partial charge in [0.25, 0.3) is 0 Å². The van der Waals surface area contributed by atoms with Gasteiger partial charge in [0.15, 0.2) is 0 Å². The first-order chi connectivity index (χ1) is 7.28. The second-order valence-corrected chi connectivity index (χ2v) is 6.31. The molecule has 0 heterocycles. The fraction of sp³-hybridized carbons (Fsp3) is 0.400. The highest BCUT2D eigenvalue weighted by atomic mass is 35.5. The highest BCUT2D eigenvalue weighted by Crippen LogP contribution is 2.16. The van der Waals surface area contributed by atoms with Crippen molar-refractivity contribution in [2.45, 2.75) is 12.5 Å². The zero-order valence-corrected chi connectivity index (χ0v) is 10.2. The average molecular weight is 267 g/mol. The van der Waals surface area contributed by atoms with Crippen molar-refractivity contribution in [2.75, 3.05) is 12.0 Å². The molecule has 1 aromatic carbocycles. The van der Waals surface area contributed by atoms with Gasteiger partial charge in [-0.05, 0) is 17.7 Å². The molecular weight excluding hydrogens is 255 g/mol. The molecule has 3 nitrogen and oxygen atoms in total. The molecule has 90 valence electrons. The molecule has 1 N–H and O–H groups in total. The van der Waals surface area contributed by atoms with Gasteiger partial charge < -0.3 is 5.11 Å². The van der Waals surface area contributed by atoms with Crippen molar-refractivity contribution >= 4 is 21.4 Å². The Kier molecular flexibility index (Phi) is 4.29. The Labute approximate surface area is 98.8 Å². The molecule has 0 saturated heterocycles. The smallest absolute Gasteiger partial charge is 0.150 e. The van der Waals surface area contributed by atoms with Gasteiger partial charge in [0, 0.05) is 17.7 Å². The van der Waals surface area contributed by atoms with Crippen LogP contribution in [0.5, 0.6) is 0 Å². The van der Waals surface area contributed by atoms with E-state index >= 15 is 0 Å². The molecule has 0 aliphatic carbocycles. The largest absolute Gasteiger partial charge is 0.392 e. The van der Waals surface area contributed by atoms with Crippen molar-refractivity contribution in [1.29, 1.82) is 0 Å². The molecule has 1 aromatic rings. The lowest BCUT2D eigenvalue weighted by atomic mass is 10.1. The summed E-state index contributed by atoms with van der Waals surface area (Å²) in [5.74, 6) is -0.922. The Balaban J connectivity index is 2.73. The van der Waals surface area contributed by atoms with Gasteiger partial charge in [-0.15, -0.1) is 0 Å². The highest BCUT2D eigenvalue weighted by molar-refractivity contribution is 7.90. The van der Waals surface area contributed by atoms with Crippen LogP contribution in [0.2, 0.25) is 5.02 Å². The number of aliphatic hydroxyl groups excluding tert-OH is 1. The summed E-state index contributed by atoms with van der Waals surface area (Å²) >= 11 is 5.56. The van der Waals surface area contributed by atoms with E-state index in [2.05, 4.69) is 0 Å². The summed E-state index contributed by atoms with van der Waals surface area (Å²) in [6.07, 6.45) is -0.129. The summed E-state index contributed by atoms with van der Waals surface area (Å²) in [6.45, 7) is 0. The predicted octanol–water partition coefficient (Wildman–Crippen LogP) is 1.43. The van der Waals surface area contributed by atoms with Gasteiger partial charge in [-0.25, -0.2) is 12.8 Å². The molecule has 0 bridgehead atoms. The normalized spacial score (nSPS) is 13.8. The van der Waals surface area contributed by atoms with Crippen LogP contribution < -0.4 is 0 Å². The minimum Gasteiger partial charge on any atom is -0.392 e. The molecule has 0 fully saturated rings. The summed E-state index contributed by atoms with van der Waals surface area (Å²) in [4.78, 5) is 0. The van der Waals surface area contributed by atoms with E-state index in [9.17, 15) is 17.9 Å². The maximum Gasteiger partial charge on any atom is 0.150 e. The minimum absolute atomic E-state index is 0.0456. The Morgan fingerprint density at radius 1 is 1.50 bits per heavy atom. The lowest BCUT2D eigenvalue weighted by molar-refractivity contribution is 0.196. The Morgan fingerprint density at radius 2 is 2.12 bits per heavy atom. The second kappa shape index (κ2) is 5.12. The van der Waals surface area contributed by atoms with E-state index in [-0.39, 0.29) is 22.8 Å². The van der Waals surface area contributed by atoms with Crippen LogP contribution in [0, 0.1) is 5.82 Å². The first-order valence-corrected chi connectivity index (χ1v) is 7.01. The number of hydrogen-bond donors (Lipinski definition) is 1. The van der Waals surface area contributed by atoms with Crippen LogP contribution in [0.25, 0.3) is 0 Å². The summed E-state index contributed by atoms with van der Waals surface area (Å²) in [7, 11) is -3.26. The molecule has 1 unspecified atom stereocenters. The summed E-state index contributed by atoms with van der Waals surface area (Å²) in [5, 5.41) is 9.72. The van der Waals surface area contributed by atoms with Crippen molar-refractivity contribution < 1.29 is 17.9 Å². The van der Waals surface area contributed by atoms with Crippen LogP contribution >= 0.6 is 11.6 Å². The standard InChI is InChI=1S/C10H12ClFO3S/c1-16(14,15)6-9(13)4-7-2-3-8(11)5-10(7)12/h2-3,5,9,13H,4,6H2,1H3. The molecular formula is C10H12ClFO3S. The van der Waals surface area contributed by atoms with Gasteiger partial charge in [-0.1, -0.05) is 17.7 Å². The molecule has 0 spiro atoms. The molecule has 0 saturated carbocycles. The summed E-state index contributed by atoms with van der Waals surface area (Å²) < 4.78 is 35.1. The average Bonchev–Trinajstić information content (AvgIpc) is 2.06. The van der Waals surface area contributed by atoms with E-state index in [1.54, 1.807) is 0 Å². The van der Waals surface area contributed by atoms with Crippen molar-refractivity contribution in [1.82, 2.24) is 0 Å². The molecule has 1 rings (SSSR count). The van der Waals surface area contributed by atoms with E-state index in [0.29, 0.717) is 0 Å². The van der Waals surface area contributed by atoms with Crippen molar-refractivity contribution in [3.05, 3.63) is 34.6 Å². The highest BCUT2D eigenvalue weighted by Gasteiger charge is 2.15. The third-order valence-electron chi connectivity index (χ3n) is 1.97. The lowest BCUT2D eigenvalue weighted by Gasteiger charge is -2.10. The van der Waals surface area contributed by atoms with Crippen LogP contribution in [0.3, 0.4) is 0 Å². The topological polar surface area (TPSA) is 54.4 Å². The molecule has 1 atom stereocenters. The number of benzene rings is 1. The maximum absolute atomic E-state index is 13.3. The van der Waals surface area contributed by atoms with Gasteiger partial charge >= 0.3 is 0 Å². The molecule has 16 heavy (non-hydrogen) atoms. The Hall–Kier alpha value is -0.650. The quantitative estimate of drug-likeness (QED) is 0.897. The van der Waals surface area contributed by atoms with E-state index in [4.69, 9.17) is 11.6 Å². The van der Waals surface area contributed by atoms with E-state index in [0.717, 1.165) is 12.3 Å². The number of hydrogen-bond acceptors (Lipinski definition) is 3. The van der Waals surface area contributed by atoms with Crippen LogP contribution in [-0.2, 0) is 16.3 Å². The van der Waals surface area contributed by atoms with Crippen molar-refractivity contribution in [3.8, 4) is 0 Å². The van der Waals surface area contributed by atoms with Gasteiger partial charge in [0.1, 0.15) is 15.7 Å². The Morgan fingerprint density at radius 3 is 2.62 bits per heavy atom. The molecule has 0 radical (unpaired) electrons. The monoisotopic (exact) mass is 266 g/mol. The third kappa shape index (κ3) is 4.47. The number of aliphatic hydroxyl groups is 1. The SMILES string of the molecule is CS(=O)(=O)CC(O)Cc1ccc(Cl)cc1F. The van der Waals surface area contributed by atoms with Gasteiger partial charge in [-0.3, -0.25) is 0 Å². The van der Waals surface area contributed by atoms with Gasteiger partial charge in [0.05, 0.1) is 11.9 Å². The molecule has 0 aromatic heterocycles. The Bertz CT molecular complexity index is 473. The zero-order valence-electron chi connectivity index (χ0n) is 8.65. The molecule has 0 aliphatic rings. The van der Waals surface area contributed by atoms with E-state index in [1.165, 1.54) is 12.1 Å². The predicted molar refractivity (Wildman–Crippen MR) is 60.8 cm³/mol. The number of rotatable bonds is 4. The first-order valence-electron chi connectivity index (χ1n) is 4.57. The van der Waals surface area contributed by atoms with Gasteiger partial charge in [0.2, 0.25) is 0 Å². The lowest BCUT2D eigenvalue weighted by Crippen LogP contribution is -2.22. The fourth-order valence-corrected chi connectivity index (χ4v) is 2.33. The van der Waals surface area contributed by atoms with Crippen LogP contribution in [-0.4, -0.2) is 31.6 Å². The van der Waals surface area contributed by atoms with Crippen LogP contribution in [0.4, 0.5) is 4.39 Å². The number of halogens is 2. The maximum atomic E-state index is 13.3. The first kappa shape index (κ1) is 13.4. The second-order valence-electron chi connectivity index (χ2n) is 3.69. The third-order valence-corrected chi connectivity index (χ3v) is 3.19. The van der Waals surface area contributed by atoms with Crippen molar-refractivity contribution in [2.24, 2.45) is 0 Å². The van der Waals surface area contributed by atoms with Crippen molar-refractivity contribution in [3.63, 3.8) is 0 Å². The van der Waals surface area contributed by atoms with Gasteiger partial charge in [-0.2, -0.15) is 0 Å². The van der Waals surface area contributed by atoms with Crippen LogP contribution in [0.1, 0.15) is 5.56 Å². The zero-order chi connectivity index (χ0) is 12.3. The van der Waals surface area contributed by atoms with E-state index < -0.39 is 21.8 Å². The minimum atomic E-state index is -3.26. The fourth-order valence-electron chi connectivity index (χ4n) is 1.35. The van der Waals surface area contributed by atoms with E-state index in [1.807, 2.05) is 0 Å². The molecule has 6 heteroatoms. The summed E-state index contributed by atoms with van der Waals surface area (Å²) in [5.41, 5.74) is 0.251. The van der Waals surface area contributed by atoms with Crippen LogP contribution in [0.15, 0.2) is 18.2 Å². The number of sulfone groups is 1.